The van der Waals surface area contributed by atoms with Gasteiger partial charge in [0.2, 0.25) is 0 Å². The second-order valence-corrected chi connectivity index (χ2v) is 10.0. The SMILES string of the molecule is CC1(C)C[C@H]2C[C@@](C)(CN2C(=O)c2ccc(OC3CCCCC3)cc2)C1. The predicted molar refractivity (Wildman–Crippen MR) is 105 cm³/mol. The summed E-state index contributed by atoms with van der Waals surface area (Å²) in [5.41, 5.74) is 1.42. The van der Waals surface area contributed by atoms with E-state index in [1.807, 2.05) is 24.3 Å². The molecule has 1 amide bonds. The van der Waals surface area contributed by atoms with Gasteiger partial charge in [-0.05, 0) is 80.0 Å². The van der Waals surface area contributed by atoms with E-state index in [0.717, 1.165) is 43.5 Å². The first-order valence-corrected chi connectivity index (χ1v) is 10.4. The van der Waals surface area contributed by atoms with Crippen LogP contribution in [0.5, 0.6) is 5.75 Å². The Labute approximate surface area is 158 Å². The average Bonchev–Trinajstić information content (AvgIpc) is 2.85. The minimum absolute atomic E-state index is 0.195. The maximum absolute atomic E-state index is 13.1. The van der Waals surface area contributed by atoms with E-state index in [4.69, 9.17) is 4.74 Å². The molecule has 2 saturated carbocycles. The van der Waals surface area contributed by atoms with E-state index in [2.05, 4.69) is 25.7 Å². The highest BCUT2D eigenvalue weighted by atomic mass is 16.5. The number of carbonyl (C=O) groups excluding carboxylic acids is 1. The average molecular weight is 356 g/mol. The first kappa shape index (κ1) is 17.9. The summed E-state index contributed by atoms with van der Waals surface area (Å²) in [5, 5.41) is 0. The predicted octanol–water partition coefficient (Wildman–Crippen LogP) is 5.44. The lowest BCUT2D eigenvalue weighted by Gasteiger charge is -2.39. The number of nitrogens with zero attached hydrogens (tertiary/aromatic N) is 1. The molecule has 2 bridgehead atoms. The molecule has 1 aromatic rings. The summed E-state index contributed by atoms with van der Waals surface area (Å²) in [6.07, 6.45) is 10.0. The summed E-state index contributed by atoms with van der Waals surface area (Å²) in [6, 6.07) is 8.27. The fourth-order valence-electron chi connectivity index (χ4n) is 5.91. The maximum Gasteiger partial charge on any atom is 0.254 e. The Morgan fingerprint density at radius 2 is 1.73 bits per heavy atom. The van der Waals surface area contributed by atoms with Crippen molar-refractivity contribution in [1.82, 2.24) is 4.90 Å². The lowest BCUT2D eigenvalue weighted by Crippen LogP contribution is -2.37. The number of hydrogen-bond donors (Lipinski definition) is 0. The van der Waals surface area contributed by atoms with Crippen molar-refractivity contribution in [3.05, 3.63) is 29.8 Å². The lowest BCUT2D eigenvalue weighted by atomic mass is 9.65. The number of amides is 1. The monoisotopic (exact) mass is 355 g/mol. The van der Waals surface area contributed by atoms with Crippen LogP contribution in [-0.2, 0) is 0 Å². The number of rotatable bonds is 3. The summed E-state index contributed by atoms with van der Waals surface area (Å²) in [5.74, 6) is 1.10. The molecule has 1 aromatic carbocycles. The standard InChI is InChI=1S/C23H33NO2/c1-22(2)13-18-14-23(3,15-22)16-24(18)21(25)17-9-11-20(12-10-17)26-19-7-5-4-6-8-19/h9-12,18-19H,4-8,13-16H2,1-3H3/t18-,23+/m0/s1. The van der Waals surface area contributed by atoms with Gasteiger partial charge in [-0.15, -0.1) is 0 Å². The van der Waals surface area contributed by atoms with Crippen LogP contribution in [0.4, 0.5) is 0 Å². The second kappa shape index (κ2) is 6.58. The summed E-state index contributed by atoms with van der Waals surface area (Å²) in [4.78, 5) is 15.3. The summed E-state index contributed by atoms with van der Waals surface area (Å²) in [7, 11) is 0. The molecule has 3 heteroatoms. The molecule has 26 heavy (non-hydrogen) atoms. The van der Waals surface area contributed by atoms with Crippen molar-refractivity contribution < 1.29 is 9.53 Å². The number of likely N-dealkylation sites (tertiary alicyclic amines) is 1. The topological polar surface area (TPSA) is 29.5 Å². The molecule has 3 aliphatic rings. The van der Waals surface area contributed by atoms with Crippen molar-refractivity contribution >= 4 is 5.91 Å². The number of ether oxygens (including phenoxy) is 1. The van der Waals surface area contributed by atoms with Crippen LogP contribution in [0.15, 0.2) is 24.3 Å². The molecular formula is C23H33NO2. The molecule has 0 unspecified atom stereocenters. The molecule has 0 N–H and O–H groups in total. The largest absolute Gasteiger partial charge is 0.490 e. The molecule has 2 aliphatic carbocycles. The van der Waals surface area contributed by atoms with Gasteiger partial charge in [-0.2, -0.15) is 0 Å². The number of carbonyl (C=O) groups is 1. The van der Waals surface area contributed by atoms with E-state index in [0.29, 0.717) is 17.6 Å². The van der Waals surface area contributed by atoms with Crippen LogP contribution in [0.1, 0.15) is 82.5 Å². The Kier molecular flexibility index (Phi) is 4.53. The van der Waals surface area contributed by atoms with Crippen molar-refractivity contribution in [2.75, 3.05) is 6.54 Å². The van der Waals surface area contributed by atoms with Crippen molar-refractivity contribution in [3.63, 3.8) is 0 Å². The molecule has 0 aromatic heterocycles. The molecular weight excluding hydrogens is 322 g/mol. The Balaban J connectivity index is 1.43. The Hall–Kier alpha value is -1.51. The van der Waals surface area contributed by atoms with Crippen molar-refractivity contribution in [2.24, 2.45) is 10.8 Å². The molecule has 2 atom stereocenters. The van der Waals surface area contributed by atoms with E-state index in [9.17, 15) is 4.79 Å². The molecule has 142 valence electrons. The van der Waals surface area contributed by atoms with Gasteiger partial charge in [0.15, 0.2) is 0 Å². The molecule has 3 nitrogen and oxygen atoms in total. The van der Waals surface area contributed by atoms with Gasteiger partial charge >= 0.3 is 0 Å². The Bertz CT molecular complexity index is 659. The second-order valence-electron chi connectivity index (χ2n) is 10.0. The Morgan fingerprint density at radius 1 is 1.04 bits per heavy atom. The zero-order chi connectivity index (χ0) is 18.4. The van der Waals surface area contributed by atoms with Gasteiger partial charge in [-0.25, -0.2) is 0 Å². The minimum Gasteiger partial charge on any atom is -0.490 e. The minimum atomic E-state index is 0.195. The van der Waals surface area contributed by atoms with Crippen molar-refractivity contribution in [1.29, 1.82) is 0 Å². The third kappa shape index (κ3) is 3.63. The van der Waals surface area contributed by atoms with Crippen LogP contribution < -0.4 is 4.74 Å². The first-order valence-electron chi connectivity index (χ1n) is 10.4. The fourth-order valence-corrected chi connectivity index (χ4v) is 5.91. The van der Waals surface area contributed by atoms with Gasteiger partial charge in [-0.3, -0.25) is 4.79 Å². The highest BCUT2D eigenvalue weighted by Gasteiger charge is 2.50. The smallest absolute Gasteiger partial charge is 0.254 e. The number of benzene rings is 1. The van der Waals surface area contributed by atoms with Gasteiger partial charge < -0.3 is 9.64 Å². The number of hydrogen-bond acceptors (Lipinski definition) is 2. The lowest BCUT2D eigenvalue weighted by molar-refractivity contribution is 0.0708. The zero-order valence-electron chi connectivity index (χ0n) is 16.6. The third-order valence-corrected chi connectivity index (χ3v) is 6.63. The number of fused-ring (bicyclic) bond motifs is 2. The van der Waals surface area contributed by atoms with Crippen LogP contribution in [0.3, 0.4) is 0 Å². The maximum atomic E-state index is 13.1. The van der Waals surface area contributed by atoms with E-state index < -0.39 is 0 Å². The van der Waals surface area contributed by atoms with E-state index >= 15 is 0 Å². The fraction of sp³-hybridized carbons (Fsp3) is 0.696. The molecule has 0 spiro atoms. The highest BCUT2D eigenvalue weighted by Crippen LogP contribution is 2.52. The van der Waals surface area contributed by atoms with Gasteiger partial charge in [0.05, 0.1) is 6.10 Å². The quantitative estimate of drug-likeness (QED) is 0.722. The van der Waals surface area contributed by atoms with E-state index in [1.54, 1.807) is 0 Å². The van der Waals surface area contributed by atoms with Crippen LogP contribution >= 0.6 is 0 Å². The van der Waals surface area contributed by atoms with E-state index in [1.165, 1.54) is 25.7 Å². The normalized spacial score (nSPS) is 31.0. The third-order valence-electron chi connectivity index (χ3n) is 6.63. The summed E-state index contributed by atoms with van der Waals surface area (Å²) < 4.78 is 6.10. The van der Waals surface area contributed by atoms with Crippen LogP contribution in [0.25, 0.3) is 0 Å². The van der Waals surface area contributed by atoms with Crippen LogP contribution in [-0.4, -0.2) is 29.5 Å². The highest BCUT2D eigenvalue weighted by molar-refractivity contribution is 5.94. The first-order chi connectivity index (χ1) is 12.3. The zero-order valence-corrected chi connectivity index (χ0v) is 16.6. The summed E-state index contributed by atoms with van der Waals surface area (Å²) >= 11 is 0. The van der Waals surface area contributed by atoms with Gasteiger partial charge in [0, 0.05) is 18.2 Å². The van der Waals surface area contributed by atoms with Crippen LogP contribution in [0, 0.1) is 10.8 Å². The molecule has 1 saturated heterocycles. The molecule has 0 radical (unpaired) electrons. The molecule has 4 rings (SSSR count). The Morgan fingerprint density at radius 3 is 2.42 bits per heavy atom. The molecule has 3 fully saturated rings. The van der Waals surface area contributed by atoms with E-state index in [-0.39, 0.29) is 11.3 Å². The summed E-state index contributed by atoms with van der Waals surface area (Å²) in [6.45, 7) is 7.96. The molecule has 1 heterocycles. The van der Waals surface area contributed by atoms with Crippen LogP contribution in [0.2, 0.25) is 0 Å². The molecule has 1 aliphatic heterocycles. The van der Waals surface area contributed by atoms with Crippen molar-refractivity contribution in [2.45, 2.75) is 84.3 Å². The van der Waals surface area contributed by atoms with Gasteiger partial charge in [0.1, 0.15) is 5.75 Å². The van der Waals surface area contributed by atoms with Crippen molar-refractivity contribution in [3.8, 4) is 5.75 Å². The van der Waals surface area contributed by atoms with Gasteiger partial charge in [0.25, 0.3) is 5.91 Å². The van der Waals surface area contributed by atoms with Gasteiger partial charge in [-0.1, -0.05) is 27.2 Å².